The van der Waals surface area contributed by atoms with E-state index in [1.54, 1.807) is 0 Å². The molecule has 4 atom stereocenters. The van der Waals surface area contributed by atoms with Crippen LogP contribution in [-0.4, -0.2) is 24.8 Å². The summed E-state index contributed by atoms with van der Waals surface area (Å²) in [5.41, 5.74) is 2.32. The van der Waals surface area contributed by atoms with Gasteiger partial charge in [-0.2, -0.15) is 0 Å². The molecule has 0 bridgehead atoms. The Morgan fingerprint density at radius 3 is 1.92 bits per heavy atom. The van der Waals surface area contributed by atoms with Crippen molar-refractivity contribution < 1.29 is 28.5 Å². The quantitative estimate of drug-likeness (QED) is 0.0635. The summed E-state index contributed by atoms with van der Waals surface area (Å²) in [5, 5.41) is 4.28. The lowest BCUT2D eigenvalue weighted by molar-refractivity contribution is -0.169. The van der Waals surface area contributed by atoms with E-state index < -0.39 is 16.2 Å². The molecule has 1 fully saturated rings. The molecular weight excluding hydrogens is 757 g/mol. The van der Waals surface area contributed by atoms with Gasteiger partial charge in [0.1, 0.15) is 13.2 Å². The molecule has 61 heavy (non-hydrogen) atoms. The first-order valence-electron chi connectivity index (χ1n) is 22.2. The third kappa shape index (κ3) is 10.4. The van der Waals surface area contributed by atoms with E-state index in [9.17, 15) is 4.79 Å². The smallest absolute Gasteiger partial charge is 0.312 e. The van der Waals surface area contributed by atoms with E-state index in [0.717, 1.165) is 88.1 Å². The Hall–Kier alpha value is -5.30. The van der Waals surface area contributed by atoms with Gasteiger partial charge >= 0.3 is 11.9 Å². The SMILES string of the molecule is CCC(C)CC(CC(C)(CC(C)(C)C(=O)OCc1ccccc1)C(=O)OCc1c2ccccc2cc2ccccc12)(c1ccccc1)c1cccc(COC2CCCCO2)c1. The third-order valence-corrected chi connectivity index (χ3v) is 12.8. The first kappa shape index (κ1) is 43.8. The Morgan fingerprint density at radius 1 is 0.656 bits per heavy atom. The van der Waals surface area contributed by atoms with Crippen molar-refractivity contribution in [2.24, 2.45) is 16.7 Å². The summed E-state index contributed by atoms with van der Waals surface area (Å²) in [6.45, 7) is 11.7. The van der Waals surface area contributed by atoms with Crippen LogP contribution in [0.3, 0.4) is 0 Å². The van der Waals surface area contributed by atoms with Crippen molar-refractivity contribution in [3.05, 3.63) is 167 Å². The zero-order chi connectivity index (χ0) is 42.9. The van der Waals surface area contributed by atoms with Crippen LogP contribution in [0.5, 0.6) is 0 Å². The van der Waals surface area contributed by atoms with Crippen LogP contribution in [-0.2, 0) is 53.8 Å². The standard InChI is InChI=1S/C55H62O6/c1-6-40(2)34-55(45-25-11-8-12-26-45,46-27-19-22-42(32-46)36-59-50-30-17-18-31-58-50)39-54(5,38-53(3,4)51(56)60-35-41-20-9-7-10-21-41)52(57)61-37-49-47-28-15-13-23-43(47)33-44-24-14-16-29-48(44)49/h7-16,19-29,32-33,40,50H,6,17-18,30-31,34-39H2,1-5H3. The minimum Gasteiger partial charge on any atom is -0.460 e. The molecule has 0 radical (unpaired) electrons. The van der Waals surface area contributed by atoms with Gasteiger partial charge in [0.05, 0.1) is 17.4 Å². The molecule has 1 heterocycles. The fourth-order valence-corrected chi connectivity index (χ4v) is 9.58. The van der Waals surface area contributed by atoms with Crippen molar-refractivity contribution in [3.63, 3.8) is 0 Å². The maximum absolute atomic E-state index is 15.4. The van der Waals surface area contributed by atoms with E-state index in [-0.39, 0.29) is 37.9 Å². The average molecular weight is 819 g/mol. The normalized spacial score (nSPS) is 17.0. The highest BCUT2D eigenvalue weighted by molar-refractivity contribution is 6.02. The maximum atomic E-state index is 15.4. The lowest BCUT2D eigenvalue weighted by Crippen LogP contribution is -2.45. The van der Waals surface area contributed by atoms with Crippen LogP contribution in [0.1, 0.15) is 107 Å². The number of hydrogen-bond acceptors (Lipinski definition) is 6. The molecule has 0 amide bonds. The molecule has 0 spiro atoms. The predicted octanol–water partition coefficient (Wildman–Crippen LogP) is 13.1. The van der Waals surface area contributed by atoms with Crippen LogP contribution in [0.15, 0.2) is 140 Å². The second-order valence-corrected chi connectivity index (χ2v) is 18.2. The summed E-state index contributed by atoms with van der Waals surface area (Å²) < 4.78 is 24.9. The predicted molar refractivity (Wildman–Crippen MR) is 245 cm³/mol. The molecule has 6 heteroatoms. The summed E-state index contributed by atoms with van der Waals surface area (Å²) in [5.74, 6) is -0.388. The molecule has 318 valence electrons. The van der Waals surface area contributed by atoms with Crippen LogP contribution < -0.4 is 0 Å². The summed E-state index contributed by atoms with van der Waals surface area (Å²) in [6.07, 6.45) is 5.18. The molecular formula is C55H62O6. The monoisotopic (exact) mass is 818 g/mol. The average Bonchev–Trinajstić information content (AvgIpc) is 3.29. The summed E-state index contributed by atoms with van der Waals surface area (Å²) in [6, 6.07) is 47.7. The van der Waals surface area contributed by atoms with E-state index in [2.05, 4.69) is 92.7 Å². The molecule has 1 aliphatic heterocycles. The minimum atomic E-state index is -1.15. The molecule has 0 aliphatic carbocycles. The zero-order valence-electron chi connectivity index (χ0n) is 36.7. The van der Waals surface area contributed by atoms with Gasteiger partial charge in [-0.25, -0.2) is 0 Å². The zero-order valence-corrected chi connectivity index (χ0v) is 36.7. The lowest BCUT2D eigenvalue weighted by Gasteiger charge is -2.45. The Balaban J connectivity index is 1.30. The summed E-state index contributed by atoms with van der Waals surface area (Å²) in [7, 11) is 0. The first-order valence-corrected chi connectivity index (χ1v) is 22.2. The number of ether oxygens (including phenoxy) is 4. The van der Waals surface area contributed by atoms with Crippen LogP contribution in [0.2, 0.25) is 0 Å². The highest BCUT2D eigenvalue weighted by Gasteiger charge is 2.50. The fourth-order valence-electron chi connectivity index (χ4n) is 9.58. The molecule has 6 nitrogen and oxygen atoms in total. The Morgan fingerprint density at radius 2 is 1.26 bits per heavy atom. The largest absolute Gasteiger partial charge is 0.460 e. The van der Waals surface area contributed by atoms with Gasteiger partial charge in [-0.05, 0) is 115 Å². The van der Waals surface area contributed by atoms with E-state index in [0.29, 0.717) is 18.9 Å². The Kier molecular flexibility index (Phi) is 14.1. The lowest BCUT2D eigenvalue weighted by atomic mass is 9.58. The van der Waals surface area contributed by atoms with Crippen molar-refractivity contribution in [1.29, 1.82) is 0 Å². The highest BCUT2D eigenvalue weighted by atomic mass is 16.7. The third-order valence-electron chi connectivity index (χ3n) is 12.8. The van der Waals surface area contributed by atoms with Crippen molar-refractivity contribution in [1.82, 2.24) is 0 Å². The number of esters is 2. The molecule has 0 aromatic heterocycles. The van der Waals surface area contributed by atoms with Crippen LogP contribution in [0, 0.1) is 16.7 Å². The van der Waals surface area contributed by atoms with Gasteiger partial charge in [0.15, 0.2) is 6.29 Å². The number of rotatable bonds is 18. The van der Waals surface area contributed by atoms with Crippen molar-refractivity contribution >= 4 is 33.5 Å². The van der Waals surface area contributed by atoms with Gasteiger partial charge in [0.2, 0.25) is 0 Å². The van der Waals surface area contributed by atoms with Crippen LogP contribution in [0.4, 0.5) is 0 Å². The summed E-state index contributed by atoms with van der Waals surface area (Å²) >= 11 is 0. The highest BCUT2D eigenvalue weighted by Crippen LogP contribution is 2.51. The molecule has 1 saturated heterocycles. The topological polar surface area (TPSA) is 71.1 Å². The molecule has 6 aromatic carbocycles. The van der Waals surface area contributed by atoms with E-state index in [4.69, 9.17) is 18.9 Å². The van der Waals surface area contributed by atoms with Gasteiger partial charge in [-0.15, -0.1) is 0 Å². The van der Waals surface area contributed by atoms with Gasteiger partial charge in [0, 0.05) is 17.6 Å². The number of fused-ring (bicyclic) bond motifs is 2. The molecule has 1 aliphatic rings. The molecule has 0 N–H and O–H groups in total. The number of carbonyl (C=O) groups excluding carboxylic acids is 2. The van der Waals surface area contributed by atoms with Crippen molar-refractivity contribution in [3.8, 4) is 0 Å². The van der Waals surface area contributed by atoms with Gasteiger partial charge in [-0.1, -0.05) is 154 Å². The van der Waals surface area contributed by atoms with Gasteiger partial charge in [-0.3, -0.25) is 9.59 Å². The van der Waals surface area contributed by atoms with E-state index in [1.165, 1.54) is 0 Å². The van der Waals surface area contributed by atoms with Crippen molar-refractivity contribution in [2.75, 3.05) is 6.61 Å². The first-order chi connectivity index (χ1) is 29.5. The van der Waals surface area contributed by atoms with E-state index in [1.807, 2.05) is 81.4 Å². The number of carbonyl (C=O) groups is 2. The molecule has 4 unspecified atom stereocenters. The number of hydrogen-bond donors (Lipinski definition) is 0. The Labute approximate surface area is 362 Å². The second-order valence-electron chi connectivity index (χ2n) is 18.2. The number of benzene rings is 6. The van der Waals surface area contributed by atoms with Crippen LogP contribution in [0.25, 0.3) is 21.5 Å². The van der Waals surface area contributed by atoms with Gasteiger partial charge in [0.25, 0.3) is 0 Å². The fraction of sp³-hybridized carbons (Fsp3) is 0.382. The molecule has 6 aromatic rings. The summed E-state index contributed by atoms with van der Waals surface area (Å²) in [4.78, 5) is 29.6. The van der Waals surface area contributed by atoms with Crippen molar-refractivity contribution in [2.45, 2.75) is 111 Å². The van der Waals surface area contributed by atoms with E-state index >= 15 is 4.79 Å². The minimum absolute atomic E-state index is 0.0922. The maximum Gasteiger partial charge on any atom is 0.312 e. The molecule has 0 saturated carbocycles. The molecule has 7 rings (SSSR count). The van der Waals surface area contributed by atoms with Gasteiger partial charge < -0.3 is 18.9 Å². The second kappa shape index (κ2) is 19.6. The Bertz CT molecular complexity index is 2330. The van der Waals surface area contributed by atoms with Crippen LogP contribution >= 0.6 is 0 Å².